The number of rotatable bonds is 8. The number of ether oxygens (including phenoxy) is 1. The number of benzene rings is 2. The van der Waals surface area contributed by atoms with Crippen molar-refractivity contribution in [1.29, 1.82) is 0 Å². The molecule has 0 heterocycles. The highest BCUT2D eigenvalue weighted by Crippen LogP contribution is 2.16. The van der Waals surface area contributed by atoms with Gasteiger partial charge in [-0.2, -0.15) is 0 Å². The van der Waals surface area contributed by atoms with Crippen molar-refractivity contribution in [3.05, 3.63) is 65.2 Å². The largest absolute Gasteiger partial charge is 0.489 e. The Labute approximate surface area is 150 Å². The third-order valence-electron chi connectivity index (χ3n) is 3.45. The minimum absolute atomic E-state index is 0. The Morgan fingerprint density at radius 1 is 1.04 bits per heavy atom. The molecule has 0 saturated carbocycles. The van der Waals surface area contributed by atoms with Crippen LogP contribution in [0.25, 0.3) is 0 Å². The summed E-state index contributed by atoms with van der Waals surface area (Å²) in [4.78, 5) is 11.8. The Balaban J connectivity index is 0.00000288. The van der Waals surface area contributed by atoms with Gasteiger partial charge in [0, 0.05) is 13.1 Å². The van der Waals surface area contributed by atoms with E-state index in [2.05, 4.69) is 29.7 Å². The van der Waals surface area contributed by atoms with Crippen molar-refractivity contribution in [3.63, 3.8) is 0 Å². The Hall–Kier alpha value is -2.04. The van der Waals surface area contributed by atoms with Gasteiger partial charge in [0.1, 0.15) is 12.4 Å². The molecule has 24 heavy (non-hydrogen) atoms. The smallest absolute Gasteiger partial charge is 0.224 e. The van der Waals surface area contributed by atoms with Gasteiger partial charge in [-0.05, 0) is 37.2 Å². The van der Waals surface area contributed by atoms with Crippen LogP contribution in [0.5, 0.6) is 5.75 Å². The van der Waals surface area contributed by atoms with Crippen molar-refractivity contribution < 1.29 is 9.53 Å². The van der Waals surface area contributed by atoms with E-state index < -0.39 is 0 Å². The maximum Gasteiger partial charge on any atom is 0.224 e. The van der Waals surface area contributed by atoms with E-state index >= 15 is 0 Å². The number of aryl methyl sites for hydroxylation is 1. The minimum Gasteiger partial charge on any atom is -0.489 e. The maximum atomic E-state index is 11.8. The van der Waals surface area contributed by atoms with Crippen LogP contribution in [-0.4, -0.2) is 26.0 Å². The van der Waals surface area contributed by atoms with Crippen molar-refractivity contribution >= 4 is 18.3 Å². The lowest BCUT2D eigenvalue weighted by Gasteiger charge is -2.09. The number of hydrogen-bond acceptors (Lipinski definition) is 3. The van der Waals surface area contributed by atoms with Crippen LogP contribution in [0.2, 0.25) is 0 Å². The summed E-state index contributed by atoms with van der Waals surface area (Å²) in [7, 11) is 1.86. The molecule has 1 amide bonds. The molecule has 2 rings (SSSR count). The third-order valence-corrected chi connectivity index (χ3v) is 3.45. The lowest BCUT2D eigenvalue weighted by Crippen LogP contribution is -2.31. The van der Waals surface area contributed by atoms with Crippen molar-refractivity contribution in [2.24, 2.45) is 0 Å². The lowest BCUT2D eigenvalue weighted by atomic mass is 10.1. The zero-order valence-electron chi connectivity index (χ0n) is 14.2. The molecule has 0 aromatic heterocycles. The van der Waals surface area contributed by atoms with Gasteiger partial charge in [-0.3, -0.25) is 4.79 Å². The molecule has 0 aliphatic carbocycles. The molecule has 0 fully saturated rings. The quantitative estimate of drug-likeness (QED) is 0.721. The second kappa shape index (κ2) is 10.7. The number of likely N-dealkylation sites (N-methyl/N-ethyl adjacent to an activating group) is 1. The van der Waals surface area contributed by atoms with Crippen LogP contribution in [0.3, 0.4) is 0 Å². The summed E-state index contributed by atoms with van der Waals surface area (Å²) in [5.74, 6) is 0.808. The SMILES string of the molecule is CNCCNC(=O)Cc1cccc(OCc2cccc(C)c2)c1.Cl. The van der Waals surface area contributed by atoms with Crippen LogP contribution in [0.1, 0.15) is 16.7 Å². The average molecular weight is 349 g/mol. The minimum atomic E-state index is 0. The van der Waals surface area contributed by atoms with Crippen LogP contribution in [0.15, 0.2) is 48.5 Å². The Kier molecular flexibility index (Phi) is 8.90. The third kappa shape index (κ3) is 7.02. The first-order valence-electron chi connectivity index (χ1n) is 7.86. The van der Waals surface area contributed by atoms with Gasteiger partial charge in [0.15, 0.2) is 0 Å². The van der Waals surface area contributed by atoms with Crippen LogP contribution in [-0.2, 0) is 17.8 Å². The fourth-order valence-electron chi connectivity index (χ4n) is 2.29. The topological polar surface area (TPSA) is 50.4 Å². The van der Waals surface area contributed by atoms with Gasteiger partial charge in [-0.15, -0.1) is 12.4 Å². The van der Waals surface area contributed by atoms with Crippen LogP contribution in [0.4, 0.5) is 0 Å². The molecule has 0 radical (unpaired) electrons. The molecule has 4 nitrogen and oxygen atoms in total. The lowest BCUT2D eigenvalue weighted by molar-refractivity contribution is -0.120. The fraction of sp³-hybridized carbons (Fsp3) is 0.316. The molecule has 130 valence electrons. The summed E-state index contributed by atoms with van der Waals surface area (Å²) in [5.41, 5.74) is 3.31. The standard InChI is InChI=1S/C19H24N2O2.ClH/c1-15-5-3-7-17(11-15)14-23-18-8-4-6-16(12-18)13-19(22)21-10-9-20-2;/h3-8,11-12,20H,9-10,13-14H2,1-2H3,(H,21,22);1H. The number of carbonyl (C=O) groups excluding carboxylic acids is 1. The van der Waals surface area contributed by atoms with E-state index in [0.29, 0.717) is 19.6 Å². The monoisotopic (exact) mass is 348 g/mol. The van der Waals surface area contributed by atoms with Crippen LogP contribution < -0.4 is 15.4 Å². The zero-order chi connectivity index (χ0) is 16.5. The normalized spacial score (nSPS) is 9.92. The highest BCUT2D eigenvalue weighted by molar-refractivity contribution is 5.85. The number of amides is 1. The number of nitrogens with one attached hydrogen (secondary N) is 2. The average Bonchev–Trinajstić information content (AvgIpc) is 2.54. The van der Waals surface area contributed by atoms with E-state index in [1.165, 1.54) is 5.56 Å². The summed E-state index contributed by atoms with van der Waals surface area (Å²) in [6.07, 6.45) is 0.366. The Morgan fingerprint density at radius 2 is 1.79 bits per heavy atom. The van der Waals surface area contributed by atoms with Gasteiger partial charge in [-0.25, -0.2) is 0 Å². The summed E-state index contributed by atoms with van der Waals surface area (Å²) in [6, 6.07) is 16.0. The molecule has 2 aromatic carbocycles. The molecule has 0 atom stereocenters. The van der Waals surface area contributed by atoms with Gasteiger partial charge in [0.25, 0.3) is 0 Å². The van der Waals surface area contributed by atoms with E-state index in [4.69, 9.17) is 4.74 Å². The first kappa shape index (κ1) is 20.0. The van der Waals surface area contributed by atoms with E-state index in [1.807, 2.05) is 43.4 Å². The molecule has 0 aliphatic heterocycles. The van der Waals surface area contributed by atoms with Crippen molar-refractivity contribution in [2.45, 2.75) is 20.0 Å². The van der Waals surface area contributed by atoms with Gasteiger partial charge in [0.2, 0.25) is 5.91 Å². The van der Waals surface area contributed by atoms with E-state index in [1.54, 1.807) is 0 Å². The van der Waals surface area contributed by atoms with Gasteiger partial charge in [-0.1, -0.05) is 42.0 Å². The molecule has 0 bridgehead atoms. The van der Waals surface area contributed by atoms with Crippen LogP contribution in [0, 0.1) is 6.92 Å². The molecule has 0 spiro atoms. The molecular formula is C19H25ClN2O2. The predicted molar refractivity (Wildman–Crippen MR) is 99.8 cm³/mol. The fourth-order valence-corrected chi connectivity index (χ4v) is 2.29. The maximum absolute atomic E-state index is 11.8. The number of hydrogen-bond donors (Lipinski definition) is 2. The molecule has 0 unspecified atom stereocenters. The number of carbonyl (C=O) groups is 1. The van der Waals surface area contributed by atoms with Crippen molar-refractivity contribution in [3.8, 4) is 5.75 Å². The van der Waals surface area contributed by atoms with Gasteiger partial charge in [0.05, 0.1) is 6.42 Å². The molecule has 2 aromatic rings. The summed E-state index contributed by atoms with van der Waals surface area (Å²) in [6.45, 7) is 4.00. The molecule has 2 N–H and O–H groups in total. The molecule has 0 aliphatic rings. The molecular weight excluding hydrogens is 324 g/mol. The second-order valence-corrected chi connectivity index (χ2v) is 5.56. The summed E-state index contributed by atoms with van der Waals surface area (Å²) >= 11 is 0. The van der Waals surface area contributed by atoms with Gasteiger partial charge >= 0.3 is 0 Å². The summed E-state index contributed by atoms with van der Waals surface area (Å²) in [5, 5.41) is 5.87. The Bertz CT molecular complexity index is 647. The molecule has 0 saturated heterocycles. The predicted octanol–water partition coefficient (Wildman–Crippen LogP) is 2.87. The molecule has 5 heteroatoms. The summed E-state index contributed by atoms with van der Waals surface area (Å²) < 4.78 is 5.83. The van der Waals surface area contributed by atoms with Gasteiger partial charge < -0.3 is 15.4 Å². The first-order chi connectivity index (χ1) is 11.2. The van der Waals surface area contributed by atoms with Crippen molar-refractivity contribution in [1.82, 2.24) is 10.6 Å². The van der Waals surface area contributed by atoms with Crippen molar-refractivity contribution in [2.75, 3.05) is 20.1 Å². The van der Waals surface area contributed by atoms with E-state index in [-0.39, 0.29) is 18.3 Å². The highest BCUT2D eigenvalue weighted by atomic mass is 35.5. The number of halogens is 1. The van der Waals surface area contributed by atoms with E-state index in [0.717, 1.165) is 23.4 Å². The van der Waals surface area contributed by atoms with Crippen LogP contribution >= 0.6 is 12.4 Å². The first-order valence-corrected chi connectivity index (χ1v) is 7.86. The second-order valence-electron chi connectivity index (χ2n) is 5.56. The van der Waals surface area contributed by atoms with E-state index in [9.17, 15) is 4.79 Å². The zero-order valence-corrected chi connectivity index (χ0v) is 15.0. The highest BCUT2D eigenvalue weighted by Gasteiger charge is 2.04. The Morgan fingerprint density at radius 3 is 2.54 bits per heavy atom.